The zero-order valence-corrected chi connectivity index (χ0v) is 39.0. The van der Waals surface area contributed by atoms with Crippen LogP contribution in [0.15, 0.2) is 164 Å². The molecule has 8 rings (SSSR count). The number of aliphatic carboxylic acids is 1. The highest BCUT2D eigenvalue weighted by Crippen LogP contribution is 2.21. The minimum Gasteiger partial charge on any atom is -0.480 e. The molecule has 2 bridgehead atoms. The lowest BCUT2D eigenvalue weighted by molar-refractivity contribution is -0.142. The number of aryl methyl sites for hydroxylation is 1. The average Bonchev–Trinajstić information content (AvgIpc) is 3.38. The molecule has 364 valence electrons. The normalized spacial score (nSPS) is 18.6. The summed E-state index contributed by atoms with van der Waals surface area (Å²) in [5.41, 5.74) is 12.1. The second kappa shape index (κ2) is 24.6. The summed E-state index contributed by atoms with van der Waals surface area (Å²) in [7, 11) is 0. The van der Waals surface area contributed by atoms with Gasteiger partial charge in [0.25, 0.3) is 0 Å². The van der Waals surface area contributed by atoms with Gasteiger partial charge >= 0.3 is 5.97 Å². The summed E-state index contributed by atoms with van der Waals surface area (Å²) >= 11 is 0. The second-order valence-corrected chi connectivity index (χ2v) is 17.6. The number of amides is 6. The van der Waals surface area contributed by atoms with Crippen LogP contribution in [0.1, 0.15) is 47.1 Å². The Labute approximate surface area is 412 Å². The Balaban J connectivity index is 1.23. The number of nitrogens with one attached hydrogen (secondary N) is 6. The zero-order valence-electron chi connectivity index (χ0n) is 39.0. The molecule has 2 aliphatic heterocycles. The maximum atomic E-state index is 14.8. The third-order valence-electron chi connectivity index (χ3n) is 12.2. The number of carbonyl (C=O) groups is 7. The molecule has 71 heavy (non-hydrogen) atoms. The molecule has 6 aromatic rings. The van der Waals surface area contributed by atoms with Crippen molar-refractivity contribution in [2.45, 2.75) is 81.6 Å². The molecule has 0 fully saturated rings. The van der Waals surface area contributed by atoms with E-state index in [4.69, 9.17) is 5.73 Å². The molecule has 5 atom stereocenters. The summed E-state index contributed by atoms with van der Waals surface area (Å²) in [5.74, 6) is -5.25. The molecule has 2 aliphatic rings. The van der Waals surface area contributed by atoms with E-state index in [0.29, 0.717) is 40.0 Å². The average molecular weight is 956 g/mol. The van der Waals surface area contributed by atoms with Gasteiger partial charge in [-0.15, -0.1) is 0 Å². The Bertz CT molecular complexity index is 2780. The van der Waals surface area contributed by atoms with Crippen molar-refractivity contribution in [3.05, 3.63) is 192 Å². The molecule has 9 N–H and O–H groups in total. The van der Waals surface area contributed by atoms with Gasteiger partial charge in [-0.25, -0.2) is 4.79 Å². The monoisotopic (exact) mass is 955 g/mol. The molecule has 0 saturated heterocycles. The van der Waals surface area contributed by atoms with Crippen molar-refractivity contribution < 1.29 is 38.7 Å². The SMILES string of the molecule is Nc1ccc(C[C@H](NC(=O)[C@@H]2Cc3ccc(cc3)NC(=O)CCC(=O)N[C@H](CCc3ccccc3)C(=O)N[C@@H](Cc3ccc(-c4ccccc4)cc3)C(=O)N[C@H](Cc3ccccc3)C(=O)N2)C(=O)O)cc1. The fourth-order valence-corrected chi connectivity index (χ4v) is 8.26. The maximum Gasteiger partial charge on any atom is 0.326 e. The lowest BCUT2D eigenvalue weighted by atomic mass is 9.98. The van der Waals surface area contributed by atoms with Crippen molar-refractivity contribution in [2.24, 2.45) is 0 Å². The first-order chi connectivity index (χ1) is 34.3. The maximum absolute atomic E-state index is 14.8. The van der Waals surface area contributed by atoms with E-state index in [1.165, 1.54) is 0 Å². The van der Waals surface area contributed by atoms with Gasteiger partial charge in [0.2, 0.25) is 35.4 Å². The van der Waals surface area contributed by atoms with Crippen molar-refractivity contribution in [3.8, 4) is 11.1 Å². The first kappa shape index (κ1) is 50.3. The van der Waals surface area contributed by atoms with E-state index in [1.54, 1.807) is 78.9 Å². The Morgan fingerprint density at radius 2 is 1.06 bits per heavy atom. The van der Waals surface area contributed by atoms with E-state index in [9.17, 15) is 38.7 Å². The van der Waals surface area contributed by atoms with Crippen LogP contribution in [0.25, 0.3) is 11.1 Å². The van der Waals surface area contributed by atoms with Crippen molar-refractivity contribution in [1.29, 1.82) is 0 Å². The molecule has 6 aromatic carbocycles. The number of carboxylic acid groups (broad SMARTS) is 1. The number of benzene rings is 6. The fraction of sp³-hybridized carbons (Fsp3) is 0.232. The van der Waals surface area contributed by atoms with Gasteiger partial charge in [0.1, 0.15) is 30.2 Å². The molecule has 0 aliphatic carbocycles. The summed E-state index contributed by atoms with van der Waals surface area (Å²) in [6.45, 7) is 0. The van der Waals surface area contributed by atoms with Crippen LogP contribution >= 0.6 is 0 Å². The van der Waals surface area contributed by atoms with E-state index >= 15 is 0 Å². The van der Waals surface area contributed by atoms with Crippen LogP contribution < -0.4 is 37.6 Å². The number of rotatable bonds is 13. The number of carbonyl (C=O) groups excluding carboxylic acids is 6. The van der Waals surface area contributed by atoms with Crippen LogP contribution in [-0.4, -0.2) is 76.7 Å². The first-order valence-electron chi connectivity index (χ1n) is 23.5. The van der Waals surface area contributed by atoms with Gasteiger partial charge in [0.05, 0.1) is 0 Å². The van der Waals surface area contributed by atoms with Crippen LogP contribution in [0, 0.1) is 0 Å². The van der Waals surface area contributed by atoms with Gasteiger partial charge in [0, 0.05) is 49.9 Å². The lowest BCUT2D eigenvalue weighted by Crippen LogP contribution is -2.60. The summed E-state index contributed by atoms with van der Waals surface area (Å²) in [5, 5.41) is 27.0. The summed E-state index contributed by atoms with van der Waals surface area (Å²) < 4.78 is 0. The predicted molar refractivity (Wildman–Crippen MR) is 270 cm³/mol. The number of hydrogen-bond acceptors (Lipinski definition) is 8. The molecule has 0 spiro atoms. The topological polar surface area (TPSA) is 238 Å². The van der Waals surface area contributed by atoms with E-state index in [2.05, 4.69) is 31.9 Å². The highest BCUT2D eigenvalue weighted by atomic mass is 16.4. The molecular weight excluding hydrogens is 899 g/mol. The van der Waals surface area contributed by atoms with Crippen LogP contribution in [-0.2, 0) is 65.7 Å². The molecule has 0 radical (unpaired) electrons. The van der Waals surface area contributed by atoms with Gasteiger partial charge in [-0.05, 0) is 76.1 Å². The number of nitrogens with two attached hydrogens (primary N) is 1. The van der Waals surface area contributed by atoms with Gasteiger partial charge in [-0.2, -0.15) is 0 Å². The molecular formula is C56H57N7O8. The summed E-state index contributed by atoms with van der Waals surface area (Å²) in [4.78, 5) is 97.5. The summed E-state index contributed by atoms with van der Waals surface area (Å²) in [6.07, 6.45) is -0.133. The number of hydrogen-bond donors (Lipinski definition) is 8. The summed E-state index contributed by atoms with van der Waals surface area (Å²) in [6, 6.07) is 42.2. The lowest BCUT2D eigenvalue weighted by Gasteiger charge is -2.27. The third kappa shape index (κ3) is 15.2. The molecule has 15 nitrogen and oxygen atoms in total. The van der Waals surface area contributed by atoms with Crippen LogP contribution in [0.5, 0.6) is 0 Å². The number of carboxylic acids is 1. The van der Waals surface area contributed by atoms with Gasteiger partial charge < -0.3 is 42.7 Å². The number of fused-ring (bicyclic) bond motifs is 18. The molecule has 6 amide bonds. The van der Waals surface area contributed by atoms with Crippen molar-refractivity contribution in [2.75, 3.05) is 11.1 Å². The fourth-order valence-electron chi connectivity index (χ4n) is 8.26. The Morgan fingerprint density at radius 3 is 1.66 bits per heavy atom. The van der Waals surface area contributed by atoms with Crippen LogP contribution in [0.2, 0.25) is 0 Å². The largest absolute Gasteiger partial charge is 0.480 e. The Morgan fingerprint density at radius 1 is 0.549 bits per heavy atom. The van der Waals surface area contributed by atoms with Gasteiger partial charge in [0.15, 0.2) is 0 Å². The standard InChI is InChI=1S/C56H57N7O8/c57-43-25-18-39(19-26-43)35-49(56(70)71)63-55(69)48-34-40-20-27-44(28-21-40)58-50(64)30-31-51(65)59-45(29-22-36-10-4-1-5-11-36)52(66)60-47(33-38-16-23-42(24-17-38)41-14-8-3-9-15-41)54(68)61-46(53(67)62-48)32-37-12-6-2-7-13-37/h1-21,23-28,45-49H,22,29-35,57H2,(H,58,64)(H,59,65)(H,60,66)(H,61,68)(H,62,67)(H,63,69)(H,70,71)/t45-,46-,47+,48+,49+/m1/s1. The second-order valence-electron chi connectivity index (χ2n) is 17.6. The molecule has 0 saturated carbocycles. The highest BCUT2D eigenvalue weighted by molar-refractivity contribution is 5.97. The Kier molecular flexibility index (Phi) is 17.4. The smallest absolute Gasteiger partial charge is 0.326 e. The van der Waals surface area contributed by atoms with Crippen molar-refractivity contribution in [3.63, 3.8) is 0 Å². The highest BCUT2D eigenvalue weighted by Gasteiger charge is 2.33. The van der Waals surface area contributed by atoms with Gasteiger partial charge in [-0.3, -0.25) is 28.8 Å². The van der Waals surface area contributed by atoms with Gasteiger partial charge in [-0.1, -0.05) is 140 Å². The minimum atomic E-state index is -1.39. The van der Waals surface area contributed by atoms with E-state index in [0.717, 1.165) is 16.7 Å². The van der Waals surface area contributed by atoms with E-state index < -0.39 is 71.6 Å². The molecule has 0 aromatic heterocycles. The number of anilines is 2. The predicted octanol–water partition coefficient (Wildman–Crippen LogP) is 5.08. The minimum absolute atomic E-state index is 0.0166. The van der Waals surface area contributed by atoms with Crippen molar-refractivity contribution >= 4 is 52.8 Å². The van der Waals surface area contributed by atoms with E-state index in [-0.39, 0.29) is 44.9 Å². The van der Waals surface area contributed by atoms with Crippen LogP contribution in [0.4, 0.5) is 11.4 Å². The Hall–Kier alpha value is -8.59. The third-order valence-corrected chi connectivity index (χ3v) is 12.2. The van der Waals surface area contributed by atoms with Crippen LogP contribution in [0.3, 0.4) is 0 Å². The number of nitrogen functional groups attached to an aromatic ring is 1. The molecule has 15 heteroatoms. The zero-order chi connectivity index (χ0) is 50.1. The quantitative estimate of drug-likeness (QED) is 0.0569. The first-order valence-corrected chi connectivity index (χ1v) is 23.5. The molecule has 0 unspecified atom stereocenters. The van der Waals surface area contributed by atoms with E-state index in [1.807, 2.05) is 84.9 Å². The molecule has 2 heterocycles. The van der Waals surface area contributed by atoms with Crippen molar-refractivity contribution in [1.82, 2.24) is 26.6 Å².